The average Bonchev–Trinajstić information content (AvgIpc) is 3.22. The number of amides is 2. The molecule has 1 aromatic heterocycles. The predicted molar refractivity (Wildman–Crippen MR) is 150 cm³/mol. The van der Waals surface area contributed by atoms with Crippen molar-refractivity contribution in [3.05, 3.63) is 82.1 Å². The molecule has 37 heavy (non-hydrogen) atoms. The quantitative estimate of drug-likeness (QED) is 0.229. The van der Waals surface area contributed by atoms with Gasteiger partial charge in [0, 0.05) is 23.1 Å². The Morgan fingerprint density at radius 2 is 1.78 bits per heavy atom. The SMILES string of the molecule is CC(C)C[C@H](NC(=O)c1ccc(Cl)cc1Cl)c1nnc(SCC(=O)Nc2cccc3ccccc23)n1C. The van der Waals surface area contributed by atoms with Crippen LogP contribution < -0.4 is 10.6 Å². The van der Waals surface area contributed by atoms with Crippen LogP contribution >= 0.6 is 35.0 Å². The molecule has 0 aliphatic rings. The molecule has 0 spiro atoms. The lowest BCUT2D eigenvalue weighted by Gasteiger charge is -2.20. The lowest BCUT2D eigenvalue weighted by molar-refractivity contribution is -0.113. The topological polar surface area (TPSA) is 88.9 Å². The van der Waals surface area contributed by atoms with E-state index in [1.807, 2.05) is 54.1 Å². The number of hydrogen-bond acceptors (Lipinski definition) is 5. The van der Waals surface area contributed by atoms with E-state index in [1.165, 1.54) is 17.8 Å². The summed E-state index contributed by atoms with van der Waals surface area (Å²) in [5.74, 6) is 0.584. The smallest absolute Gasteiger partial charge is 0.253 e. The van der Waals surface area contributed by atoms with E-state index < -0.39 is 6.04 Å². The Morgan fingerprint density at radius 1 is 1.03 bits per heavy atom. The average molecular weight is 557 g/mol. The fourth-order valence-electron chi connectivity index (χ4n) is 4.02. The monoisotopic (exact) mass is 555 g/mol. The molecule has 0 aliphatic heterocycles. The first-order valence-electron chi connectivity index (χ1n) is 11.8. The molecule has 0 bridgehead atoms. The largest absolute Gasteiger partial charge is 0.342 e. The molecule has 10 heteroatoms. The maximum absolute atomic E-state index is 13.0. The van der Waals surface area contributed by atoms with E-state index in [2.05, 4.69) is 34.7 Å². The zero-order valence-electron chi connectivity index (χ0n) is 20.7. The third-order valence-corrected chi connectivity index (χ3v) is 7.33. The maximum atomic E-state index is 13.0. The van der Waals surface area contributed by atoms with Crippen LogP contribution in [-0.2, 0) is 11.8 Å². The standard InChI is InChI=1S/C27H27Cl2N5O2S/c1-16(2)13-23(31-26(36)20-12-11-18(28)14-21(20)29)25-32-33-27(34(25)3)37-15-24(35)30-22-10-6-8-17-7-4-5-9-19(17)22/h4-12,14,16,23H,13,15H2,1-3H3,(H,30,35)(H,31,36)/t23-/m0/s1. The molecular weight excluding hydrogens is 529 g/mol. The molecule has 2 N–H and O–H groups in total. The molecule has 0 aliphatic carbocycles. The highest BCUT2D eigenvalue weighted by Crippen LogP contribution is 2.27. The molecule has 0 saturated heterocycles. The van der Waals surface area contributed by atoms with Crippen molar-refractivity contribution in [1.29, 1.82) is 0 Å². The highest BCUT2D eigenvalue weighted by molar-refractivity contribution is 7.99. The number of carbonyl (C=O) groups is 2. The second-order valence-corrected chi connectivity index (χ2v) is 10.8. The Kier molecular flexibility index (Phi) is 8.74. The molecule has 0 unspecified atom stereocenters. The predicted octanol–water partition coefficient (Wildman–Crippen LogP) is 6.52. The van der Waals surface area contributed by atoms with Crippen molar-refractivity contribution in [3.8, 4) is 0 Å². The summed E-state index contributed by atoms with van der Waals surface area (Å²) in [6.45, 7) is 4.14. The third-order valence-electron chi connectivity index (χ3n) is 5.76. The maximum Gasteiger partial charge on any atom is 0.253 e. The second kappa shape index (κ2) is 12.0. The van der Waals surface area contributed by atoms with Crippen LogP contribution in [-0.4, -0.2) is 32.3 Å². The van der Waals surface area contributed by atoms with Gasteiger partial charge in [0.25, 0.3) is 5.91 Å². The number of fused-ring (bicyclic) bond motifs is 1. The fourth-order valence-corrected chi connectivity index (χ4v) is 5.23. The van der Waals surface area contributed by atoms with Gasteiger partial charge in [-0.05, 0) is 42.0 Å². The third kappa shape index (κ3) is 6.63. The van der Waals surface area contributed by atoms with Crippen molar-refractivity contribution in [2.24, 2.45) is 13.0 Å². The Balaban J connectivity index is 1.45. The van der Waals surface area contributed by atoms with Gasteiger partial charge < -0.3 is 15.2 Å². The summed E-state index contributed by atoms with van der Waals surface area (Å²) in [5.41, 5.74) is 1.10. The van der Waals surface area contributed by atoms with Gasteiger partial charge in [0.1, 0.15) is 0 Å². The summed E-state index contributed by atoms with van der Waals surface area (Å²) in [4.78, 5) is 25.7. The Labute approximate surface area is 229 Å². The summed E-state index contributed by atoms with van der Waals surface area (Å²) in [5, 5.41) is 18.0. The van der Waals surface area contributed by atoms with Crippen molar-refractivity contribution in [2.75, 3.05) is 11.1 Å². The molecule has 0 saturated carbocycles. The number of aromatic nitrogens is 3. The Hall–Kier alpha value is -3.07. The van der Waals surface area contributed by atoms with E-state index in [4.69, 9.17) is 23.2 Å². The number of anilines is 1. The number of rotatable bonds is 9. The molecule has 7 nitrogen and oxygen atoms in total. The van der Waals surface area contributed by atoms with Gasteiger partial charge in [-0.3, -0.25) is 9.59 Å². The molecule has 1 heterocycles. The zero-order chi connectivity index (χ0) is 26.5. The first-order valence-corrected chi connectivity index (χ1v) is 13.5. The summed E-state index contributed by atoms with van der Waals surface area (Å²) in [6, 6.07) is 18.1. The van der Waals surface area contributed by atoms with E-state index in [1.54, 1.807) is 12.1 Å². The first kappa shape index (κ1) is 27.0. The number of hydrogen-bond donors (Lipinski definition) is 2. The van der Waals surface area contributed by atoms with Crippen LogP contribution in [0.3, 0.4) is 0 Å². The zero-order valence-corrected chi connectivity index (χ0v) is 23.0. The minimum absolute atomic E-state index is 0.143. The molecule has 4 rings (SSSR count). The number of nitrogens with one attached hydrogen (secondary N) is 2. The number of thioether (sulfide) groups is 1. The van der Waals surface area contributed by atoms with Crippen molar-refractivity contribution in [1.82, 2.24) is 20.1 Å². The molecule has 0 radical (unpaired) electrons. The molecule has 1 atom stereocenters. The summed E-state index contributed by atoms with van der Waals surface area (Å²) in [7, 11) is 1.83. The van der Waals surface area contributed by atoms with Gasteiger partial charge in [-0.25, -0.2) is 0 Å². The summed E-state index contributed by atoms with van der Waals surface area (Å²) >= 11 is 13.5. The molecule has 0 fully saturated rings. The number of benzene rings is 3. The molecule has 3 aromatic carbocycles. The Bertz CT molecular complexity index is 1430. The lowest BCUT2D eigenvalue weighted by Crippen LogP contribution is -2.31. The number of halogens is 2. The van der Waals surface area contributed by atoms with Gasteiger partial charge >= 0.3 is 0 Å². The normalized spacial score (nSPS) is 12.1. The van der Waals surface area contributed by atoms with Crippen molar-refractivity contribution < 1.29 is 9.59 Å². The van der Waals surface area contributed by atoms with Crippen LogP contribution in [0.2, 0.25) is 10.0 Å². The van der Waals surface area contributed by atoms with Crippen molar-refractivity contribution >= 4 is 63.2 Å². The van der Waals surface area contributed by atoms with Gasteiger partial charge in [0.2, 0.25) is 5.91 Å². The van der Waals surface area contributed by atoms with Crippen LogP contribution in [0.15, 0.2) is 65.8 Å². The number of carbonyl (C=O) groups excluding carboxylic acids is 2. The van der Waals surface area contributed by atoms with Gasteiger partial charge in [0.05, 0.1) is 22.4 Å². The minimum Gasteiger partial charge on any atom is -0.342 e. The van der Waals surface area contributed by atoms with Crippen molar-refractivity contribution in [2.45, 2.75) is 31.5 Å². The Morgan fingerprint density at radius 3 is 2.54 bits per heavy atom. The van der Waals surface area contributed by atoms with Gasteiger partial charge in [-0.2, -0.15) is 0 Å². The van der Waals surface area contributed by atoms with E-state index in [0.717, 1.165) is 16.5 Å². The van der Waals surface area contributed by atoms with Crippen molar-refractivity contribution in [3.63, 3.8) is 0 Å². The van der Waals surface area contributed by atoms with Gasteiger partial charge in [0.15, 0.2) is 11.0 Å². The lowest BCUT2D eigenvalue weighted by atomic mass is 10.0. The van der Waals surface area contributed by atoms with E-state index >= 15 is 0 Å². The highest BCUT2D eigenvalue weighted by Gasteiger charge is 2.24. The van der Waals surface area contributed by atoms with Crippen LogP contribution in [0.1, 0.15) is 42.5 Å². The first-order chi connectivity index (χ1) is 17.7. The second-order valence-electron chi connectivity index (χ2n) is 9.04. The molecule has 2 amide bonds. The number of nitrogens with zero attached hydrogens (tertiary/aromatic N) is 3. The van der Waals surface area contributed by atoms with Gasteiger partial charge in [-0.15, -0.1) is 10.2 Å². The van der Waals surface area contributed by atoms with Crippen LogP contribution in [0, 0.1) is 5.92 Å². The summed E-state index contributed by atoms with van der Waals surface area (Å²) < 4.78 is 1.81. The fraction of sp³-hybridized carbons (Fsp3) is 0.259. The van der Waals surface area contributed by atoms with Crippen LogP contribution in [0.5, 0.6) is 0 Å². The molecular formula is C27H27Cl2N5O2S. The van der Waals surface area contributed by atoms with E-state index in [9.17, 15) is 9.59 Å². The van der Waals surface area contributed by atoms with Gasteiger partial charge in [-0.1, -0.05) is 85.2 Å². The summed E-state index contributed by atoms with van der Waals surface area (Å²) in [6.07, 6.45) is 0.648. The van der Waals surface area contributed by atoms with E-state index in [0.29, 0.717) is 28.0 Å². The molecule has 192 valence electrons. The van der Waals surface area contributed by atoms with Crippen LogP contribution in [0.25, 0.3) is 10.8 Å². The minimum atomic E-state index is -0.393. The van der Waals surface area contributed by atoms with Crippen LogP contribution in [0.4, 0.5) is 5.69 Å². The highest BCUT2D eigenvalue weighted by atomic mass is 35.5. The van der Waals surface area contributed by atoms with E-state index in [-0.39, 0.29) is 28.5 Å². The molecule has 4 aromatic rings.